The first-order valence-electron chi connectivity index (χ1n) is 7.75. The van der Waals surface area contributed by atoms with Crippen LogP contribution < -0.4 is 5.73 Å². The first-order valence-corrected chi connectivity index (χ1v) is 7.75. The Bertz CT molecular complexity index is 313. The van der Waals surface area contributed by atoms with Gasteiger partial charge in [0, 0.05) is 13.1 Å². The fourth-order valence-corrected chi connectivity index (χ4v) is 3.47. The van der Waals surface area contributed by atoms with E-state index >= 15 is 0 Å². The zero-order valence-corrected chi connectivity index (χ0v) is 12.4. The molecule has 1 heterocycles. The van der Waals surface area contributed by atoms with E-state index in [9.17, 15) is 4.79 Å². The van der Waals surface area contributed by atoms with Gasteiger partial charge in [-0.1, -0.05) is 26.2 Å². The van der Waals surface area contributed by atoms with Gasteiger partial charge in [-0.05, 0) is 26.2 Å². The van der Waals surface area contributed by atoms with Crippen molar-refractivity contribution in [3.8, 4) is 0 Å². The van der Waals surface area contributed by atoms with E-state index in [0.29, 0.717) is 13.2 Å². The van der Waals surface area contributed by atoms with Crippen LogP contribution in [-0.4, -0.2) is 42.6 Å². The molecule has 1 amide bonds. The smallest absolute Gasteiger partial charge is 0.230 e. The first kappa shape index (κ1) is 14.8. The molecule has 0 aromatic heterocycles. The van der Waals surface area contributed by atoms with Crippen LogP contribution in [0, 0.1) is 5.41 Å². The summed E-state index contributed by atoms with van der Waals surface area (Å²) in [6.07, 6.45) is 6.55. The third kappa shape index (κ3) is 2.95. The molecule has 0 spiro atoms. The molecule has 0 bridgehead atoms. The lowest BCUT2D eigenvalue weighted by atomic mass is 9.72. The van der Waals surface area contributed by atoms with Gasteiger partial charge in [-0.2, -0.15) is 0 Å². The molecule has 110 valence electrons. The minimum absolute atomic E-state index is 0.144. The molecule has 1 aliphatic carbocycles. The summed E-state index contributed by atoms with van der Waals surface area (Å²) in [5, 5.41) is 0. The Labute approximate surface area is 116 Å². The normalized spacial score (nSPS) is 31.2. The maximum absolute atomic E-state index is 13.0. The minimum Gasteiger partial charge on any atom is -0.375 e. The number of carbonyl (C=O) groups is 1. The molecule has 0 radical (unpaired) electrons. The van der Waals surface area contributed by atoms with Crippen LogP contribution >= 0.6 is 0 Å². The third-order valence-electron chi connectivity index (χ3n) is 4.85. The van der Waals surface area contributed by atoms with Gasteiger partial charge in [0.05, 0.1) is 24.2 Å². The van der Waals surface area contributed by atoms with Crippen LogP contribution in [0.2, 0.25) is 0 Å². The molecular formula is C15H28N2O2. The Morgan fingerprint density at radius 3 is 2.63 bits per heavy atom. The summed E-state index contributed by atoms with van der Waals surface area (Å²) in [5.74, 6) is 0.289. The molecule has 1 saturated carbocycles. The van der Waals surface area contributed by atoms with Crippen molar-refractivity contribution in [2.24, 2.45) is 11.1 Å². The highest BCUT2D eigenvalue weighted by Gasteiger charge is 2.43. The van der Waals surface area contributed by atoms with Gasteiger partial charge in [0.25, 0.3) is 0 Å². The van der Waals surface area contributed by atoms with E-state index in [2.05, 4.69) is 11.8 Å². The van der Waals surface area contributed by atoms with Gasteiger partial charge in [-0.25, -0.2) is 0 Å². The Balaban J connectivity index is 2.14. The molecule has 4 heteroatoms. The molecule has 2 rings (SSSR count). The molecule has 0 aromatic rings. The largest absolute Gasteiger partial charge is 0.375 e. The summed E-state index contributed by atoms with van der Waals surface area (Å²) in [7, 11) is 0. The van der Waals surface area contributed by atoms with Crippen LogP contribution in [0.25, 0.3) is 0 Å². The van der Waals surface area contributed by atoms with Crippen molar-refractivity contribution < 1.29 is 9.53 Å². The topological polar surface area (TPSA) is 55.6 Å². The number of amides is 1. The average Bonchev–Trinajstić information content (AvgIpc) is 2.47. The van der Waals surface area contributed by atoms with Gasteiger partial charge in [-0.3, -0.25) is 4.79 Å². The Morgan fingerprint density at radius 2 is 2.05 bits per heavy atom. The molecule has 2 unspecified atom stereocenters. The summed E-state index contributed by atoms with van der Waals surface area (Å²) < 4.78 is 5.69. The van der Waals surface area contributed by atoms with E-state index in [1.165, 1.54) is 6.42 Å². The van der Waals surface area contributed by atoms with Crippen molar-refractivity contribution >= 4 is 5.91 Å². The van der Waals surface area contributed by atoms with Crippen molar-refractivity contribution in [1.82, 2.24) is 4.90 Å². The molecule has 0 aromatic carbocycles. The van der Waals surface area contributed by atoms with E-state index in [1.807, 2.05) is 6.92 Å². The molecule has 1 saturated heterocycles. The van der Waals surface area contributed by atoms with E-state index in [4.69, 9.17) is 10.5 Å². The predicted molar refractivity (Wildman–Crippen MR) is 75.8 cm³/mol. The first-order chi connectivity index (χ1) is 9.13. The van der Waals surface area contributed by atoms with Gasteiger partial charge in [0.2, 0.25) is 5.91 Å². The van der Waals surface area contributed by atoms with Crippen LogP contribution in [-0.2, 0) is 9.53 Å². The van der Waals surface area contributed by atoms with Gasteiger partial charge < -0.3 is 15.4 Å². The van der Waals surface area contributed by atoms with Gasteiger partial charge in [0.1, 0.15) is 0 Å². The summed E-state index contributed by atoms with van der Waals surface area (Å²) in [6, 6.07) is 0.231. The van der Waals surface area contributed by atoms with E-state index in [1.54, 1.807) is 0 Å². The second kappa shape index (κ2) is 6.23. The number of rotatable bonds is 3. The molecule has 2 aliphatic rings. The van der Waals surface area contributed by atoms with Crippen LogP contribution in [0.1, 0.15) is 52.4 Å². The molecule has 2 N–H and O–H groups in total. The number of morpholine rings is 1. The van der Waals surface area contributed by atoms with Gasteiger partial charge >= 0.3 is 0 Å². The van der Waals surface area contributed by atoms with Crippen molar-refractivity contribution in [2.75, 3.05) is 19.7 Å². The fourth-order valence-electron chi connectivity index (χ4n) is 3.47. The van der Waals surface area contributed by atoms with Crippen LogP contribution in [0.5, 0.6) is 0 Å². The number of carbonyl (C=O) groups excluding carboxylic acids is 1. The van der Waals surface area contributed by atoms with Crippen LogP contribution in [0.15, 0.2) is 0 Å². The number of nitrogens with zero attached hydrogens (tertiary/aromatic N) is 1. The van der Waals surface area contributed by atoms with E-state index in [0.717, 1.165) is 38.6 Å². The monoisotopic (exact) mass is 268 g/mol. The highest BCUT2D eigenvalue weighted by atomic mass is 16.5. The minimum atomic E-state index is -0.289. The number of hydrogen-bond acceptors (Lipinski definition) is 3. The lowest BCUT2D eigenvalue weighted by Gasteiger charge is -2.45. The Morgan fingerprint density at radius 1 is 1.37 bits per heavy atom. The third-order valence-corrected chi connectivity index (χ3v) is 4.85. The summed E-state index contributed by atoms with van der Waals surface area (Å²) >= 11 is 0. The fraction of sp³-hybridized carbons (Fsp3) is 0.933. The summed E-state index contributed by atoms with van der Waals surface area (Å²) in [4.78, 5) is 15.1. The molecule has 2 atom stereocenters. The van der Waals surface area contributed by atoms with Crippen molar-refractivity contribution in [1.29, 1.82) is 0 Å². The van der Waals surface area contributed by atoms with Crippen LogP contribution in [0.4, 0.5) is 0 Å². The average molecular weight is 268 g/mol. The number of ether oxygens (including phenoxy) is 1. The molecule has 4 nitrogen and oxygen atoms in total. The SMILES string of the molecule is CCC1COC(C)CN1C(=O)C1(CN)CCCCC1. The second-order valence-electron chi connectivity index (χ2n) is 6.21. The van der Waals surface area contributed by atoms with E-state index < -0.39 is 0 Å². The summed E-state index contributed by atoms with van der Waals surface area (Å²) in [5.41, 5.74) is 5.70. The zero-order chi connectivity index (χ0) is 13.9. The standard InChI is InChI=1S/C15H28N2O2/c1-3-13-10-19-12(2)9-17(13)14(18)15(11-16)7-5-4-6-8-15/h12-13H,3-11,16H2,1-2H3. The van der Waals surface area contributed by atoms with Gasteiger partial charge in [-0.15, -0.1) is 0 Å². The van der Waals surface area contributed by atoms with Crippen molar-refractivity contribution in [3.05, 3.63) is 0 Å². The van der Waals surface area contributed by atoms with Crippen molar-refractivity contribution in [3.63, 3.8) is 0 Å². The Kier molecular flexibility index (Phi) is 4.85. The zero-order valence-electron chi connectivity index (χ0n) is 12.4. The maximum Gasteiger partial charge on any atom is 0.230 e. The quantitative estimate of drug-likeness (QED) is 0.851. The maximum atomic E-state index is 13.0. The predicted octanol–water partition coefficient (Wildman–Crippen LogP) is 1.92. The van der Waals surface area contributed by atoms with Gasteiger partial charge in [0.15, 0.2) is 0 Å². The Hall–Kier alpha value is -0.610. The lowest BCUT2D eigenvalue weighted by Crippen LogP contribution is -2.57. The number of hydrogen-bond donors (Lipinski definition) is 1. The highest BCUT2D eigenvalue weighted by Crippen LogP contribution is 2.38. The van der Waals surface area contributed by atoms with E-state index in [-0.39, 0.29) is 23.5 Å². The molecule has 19 heavy (non-hydrogen) atoms. The van der Waals surface area contributed by atoms with Crippen molar-refractivity contribution in [2.45, 2.75) is 64.5 Å². The molecule has 2 fully saturated rings. The summed E-state index contributed by atoms with van der Waals surface area (Å²) in [6.45, 7) is 6.06. The molecular weight excluding hydrogens is 240 g/mol. The van der Waals surface area contributed by atoms with Crippen LogP contribution in [0.3, 0.4) is 0 Å². The lowest BCUT2D eigenvalue weighted by molar-refractivity contribution is -0.156. The number of nitrogens with two attached hydrogens (primary N) is 1. The molecule has 1 aliphatic heterocycles. The second-order valence-corrected chi connectivity index (χ2v) is 6.21. The highest BCUT2D eigenvalue weighted by molar-refractivity contribution is 5.83.